The Hall–Kier alpha value is -0.0500. The molecule has 0 amide bonds. The van der Waals surface area contributed by atoms with E-state index < -0.39 is 0 Å². The topological polar surface area (TPSA) is 12.0 Å². The van der Waals surface area contributed by atoms with Gasteiger partial charge < -0.3 is 5.32 Å². The van der Waals surface area contributed by atoms with Crippen LogP contribution in [0.3, 0.4) is 0 Å². The zero-order valence-corrected chi connectivity index (χ0v) is 11.6. The van der Waals surface area contributed by atoms with E-state index in [0.29, 0.717) is 6.04 Å². The van der Waals surface area contributed by atoms with Crippen LogP contribution in [0.25, 0.3) is 0 Å². The minimum Gasteiger partial charge on any atom is -0.314 e. The van der Waals surface area contributed by atoms with Crippen LogP contribution in [-0.4, -0.2) is 12.6 Å². The van der Waals surface area contributed by atoms with E-state index in [9.17, 15) is 0 Å². The number of thiophene rings is 1. The largest absolute Gasteiger partial charge is 0.314 e. The Morgan fingerprint density at radius 2 is 2.31 bits per heavy atom. The van der Waals surface area contributed by atoms with Crippen LogP contribution in [0.15, 0.2) is 12.1 Å². The molecule has 1 heterocycles. The summed E-state index contributed by atoms with van der Waals surface area (Å²) >= 11 is 7.61. The van der Waals surface area contributed by atoms with Gasteiger partial charge in [0.15, 0.2) is 0 Å². The molecule has 0 saturated heterocycles. The van der Waals surface area contributed by atoms with Gasteiger partial charge in [0.1, 0.15) is 0 Å². The Morgan fingerprint density at radius 3 is 2.88 bits per heavy atom. The van der Waals surface area contributed by atoms with Crippen LogP contribution in [0, 0.1) is 11.8 Å². The zero-order chi connectivity index (χ0) is 11.5. The van der Waals surface area contributed by atoms with Gasteiger partial charge in [-0.1, -0.05) is 18.5 Å². The van der Waals surface area contributed by atoms with Gasteiger partial charge in [0.25, 0.3) is 0 Å². The maximum Gasteiger partial charge on any atom is 0.0931 e. The van der Waals surface area contributed by atoms with Crippen molar-refractivity contribution < 1.29 is 0 Å². The van der Waals surface area contributed by atoms with E-state index in [1.54, 1.807) is 11.3 Å². The molecular weight excluding hydrogens is 238 g/mol. The summed E-state index contributed by atoms with van der Waals surface area (Å²) in [5, 5.41) is 3.62. The molecule has 0 aliphatic heterocycles. The Labute approximate surface area is 107 Å². The minimum absolute atomic E-state index is 0.619. The minimum atomic E-state index is 0.619. The number of rotatable bonds is 6. The second kappa shape index (κ2) is 5.52. The summed E-state index contributed by atoms with van der Waals surface area (Å²) in [6, 6.07) is 4.75. The SMILES string of the molecule is CC(CCc1ccc(Cl)s1)NCC1CC1C. The van der Waals surface area contributed by atoms with Gasteiger partial charge in [0, 0.05) is 10.9 Å². The molecular formula is C13H20ClNS. The van der Waals surface area contributed by atoms with E-state index in [0.717, 1.165) is 22.6 Å². The highest BCUT2D eigenvalue weighted by Crippen LogP contribution is 2.36. The average Bonchev–Trinajstić information content (AvgIpc) is 2.79. The van der Waals surface area contributed by atoms with Crippen molar-refractivity contribution in [3.63, 3.8) is 0 Å². The first-order valence-electron chi connectivity index (χ1n) is 6.12. The number of aryl methyl sites for hydroxylation is 1. The lowest BCUT2D eigenvalue weighted by atomic mass is 10.1. The summed E-state index contributed by atoms with van der Waals surface area (Å²) in [6.45, 7) is 5.82. The van der Waals surface area contributed by atoms with Gasteiger partial charge in [0.05, 0.1) is 4.34 Å². The summed E-state index contributed by atoms with van der Waals surface area (Å²) in [7, 11) is 0. The second-order valence-electron chi connectivity index (χ2n) is 5.03. The zero-order valence-electron chi connectivity index (χ0n) is 10.0. The lowest BCUT2D eigenvalue weighted by Crippen LogP contribution is -2.28. The molecule has 2 rings (SSSR count). The molecule has 1 aliphatic carbocycles. The maximum atomic E-state index is 5.91. The summed E-state index contributed by atoms with van der Waals surface area (Å²) < 4.78 is 0.905. The number of hydrogen-bond donors (Lipinski definition) is 1. The molecule has 3 atom stereocenters. The van der Waals surface area contributed by atoms with Crippen LogP contribution < -0.4 is 5.32 Å². The third-order valence-electron chi connectivity index (χ3n) is 3.46. The first-order chi connectivity index (χ1) is 7.65. The molecule has 0 bridgehead atoms. The van der Waals surface area contributed by atoms with Crippen LogP contribution in [-0.2, 0) is 6.42 Å². The van der Waals surface area contributed by atoms with Gasteiger partial charge in [0.2, 0.25) is 0 Å². The van der Waals surface area contributed by atoms with Crippen LogP contribution in [0.2, 0.25) is 4.34 Å². The lowest BCUT2D eigenvalue weighted by Gasteiger charge is -2.12. The Morgan fingerprint density at radius 1 is 1.56 bits per heavy atom. The first kappa shape index (κ1) is 12.4. The molecule has 16 heavy (non-hydrogen) atoms. The third kappa shape index (κ3) is 3.76. The molecule has 0 radical (unpaired) electrons. The molecule has 0 spiro atoms. The van der Waals surface area contributed by atoms with Crippen molar-refractivity contribution in [2.45, 2.75) is 39.2 Å². The van der Waals surface area contributed by atoms with Gasteiger partial charge in [-0.15, -0.1) is 11.3 Å². The quantitative estimate of drug-likeness (QED) is 0.813. The van der Waals surface area contributed by atoms with Crippen LogP contribution >= 0.6 is 22.9 Å². The van der Waals surface area contributed by atoms with Crippen molar-refractivity contribution in [1.82, 2.24) is 5.32 Å². The summed E-state index contributed by atoms with van der Waals surface area (Å²) in [5.41, 5.74) is 0. The van der Waals surface area contributed by atoms with Gasteiger partial charge in [-0.2, -0.15) is 0 Å². The fourth-order valence-corrected chi connectivity index (χ4v) is 3.09. The smallest absolute Gasteiger partial charge is 0.0931 e. The predicted octanol–water partition coefficient (Wildman–Crippen LogP) is 3.97. The van der Waals surface area contributed by atoms with E-state index in [4.69, 9.17) is 11.6 Å². The highest BCUT2D eigenvalue weighted by molar-refractivity contribution is 7.16. The molecule has 1 nitrogen and oxygen atoms in total. The van der Waals surface area contributed by atoms with Crippen molar-refractivity contribution in [2.24, 2.45) is 11.8 Å². The molecule has 1 saturated carbocycles. The van der Waals surface area contributed by atoms with Gasteiger partial charge >= 0.3 is 0 Å². The molecule has 3 heteroatoms. The molecule has 1 fully saturated rings. The van der Waals surface area contributed by atoms with E-state index in [1.165, 1.54) is 24.3 Å². The molecule has 1 N–H and O–H groups in total. The highest BCUT2D eigenvalue weighted by atomic mass is 35.5. The fourth-order valence-electron chi connectivity index (χ4n) is 1.98. The van der Waals surface area contributed by atoms with E-state index in [-0.39, 0.29) is 0 Å². The third-order valence-corrected chi connectivity index (χ3v) is 4.75. The molecule has 1 aliphatic rings. The monoisotopic (exact) mass is 257 g/mol. The second-order valence-corrected chi connectivity index (χ2v) is 6.83. The van der Waals surface area contributed by atoms with Crippen molar-refractivity contribution in [2.75, 3.05) is 6.54 Å². The van der Waals surface area contributed by atoms with Crippen LogP contribution in [0.5, 0.6) is 0 Å². The highest BCUT2D eigenvalue weighted by Gasteiger charge is 2.31. The van der Waals surface area contributed by atoms with Gasteiger partial charge in [-0.05, 0) is 56.7 Å². The Kier molecular flexibility index (Phi) is 4.28. The van der Waals surface area contributed by atoms with Crippen molar-refractivity contribution in [3.05, 3.63) is 21.3 Å². The van der Waals surface area contributed by atoms with Crippen LogP contribution in [0.4, 0.5) is 0 Å². The van der Waals surface area contributed by atoms with Crippen LogP contribution in [0.1, 0.15) is 31.6 Å². The first-order valence-corrected chi connectivity index (χ1v) is 7.32. The number of hydrogen-bond acceptors (Lipinski definition) is 2. The van der Waals surface area contributed by atoms with Gasteiger partial charge in [-0.3, -0.25) is 0 Å². The van der Waals surface area contributed by atoms with Gasteiger partial charge in [-0.25, -0.2) is 0 Å². The molecule has 1 aromatic rings. The maximum absolute atomic E-state index is 5.91. The fraction of sp³-hybridized carbons (Fsp3) is 0.692. The number of nitrogens with one attached hydrogen (secondary N) is 1. The van der Waals surface area contributed by atoms with Crippen molar-refractivity contribution >= 4 is 22.9 Å². The van der Waals surface area contributed by atoms with E-state index in [2.05, 4.69) is 25.2 Å². The lowest BCUT2D eigenvalue weighted by molar-refractivity contribution is 0.492. The molecule has 90 valence electrons. The summed E-state index contributed by atoms with van der Waals surface area (Å²) in [4.78, 5) is 1.40. The van der Waals surface area contributed by atoms with Crippen molar-refractivity contribution in [3.8, 4) is 0 Å². The summed E-state index contributed by atoms with van der Waals surface area (Å²) in [5.74, 6) is 1.90. The normalized spacial score (nSPS) is 25.7. The Bertz CT molecular complexity index is 336. The Balaban J connectivity index is 1.61. The molecule has 1 aromatic heterocycles. The summed E-state index contributed by atoms with van der Waals surface area (Å²) in [6.07, 6.45) is 3.77. The van der Waals surface area contributed by atoms with Crippen molar-refractivity contribution in [1.29, 1.82) is 0 Å². The van der Waals surface area contributed by atoms with E-state index >= 15 is 0 Å². The predicted molar refractivity (Wildman–Crippen MR) is 72.4 cm³/mol. The van der Waals surface area contributed by atoms with E-state index in [1.807, 2.05) is 6.07 Å². The average molecular weight is 258 g/mol. The number of halogens is 1. The molecule has 3 unspecified atom stereocenters. The molecule has 0 aromatic carbocycles. The standard InChI is InChI=1S/C13H20ClNS/c1-9-7-11(9)8-15-10(2)3-4-12-5-6-13(14)16-12/h5-6,9-11,15H,3-4,7-8H2,1-2H3.